The van der Waals surface area contributed by atoms with Gasteiger partial charge in [0.25, 0.3) is 0 Å². The number of hydrogen-bond donors (Lipinski definition) is 3. The standard InChI is InChI=1S/C21H29ClN6/c1-6-16(2)11-12-18(23)15-28(21(27(5)24)20(25-3)26-4)14-13-17-9-7-8-10-19(17)22/h6-12,23,26H,1-3,13-15,24H2,4-5H3/b12-11-,21-20+,23-18?. The predicted octanol–water partition coefficient (Wildman–Crippen LogP) is 3.35. The van der Waals surface area contributed by atoms with Gasteiger partial charge < -0.3 is 15.6 Å². The molecular formula is C21H29ClN6. The van der Waals surface area contributed by atoms with Gasteiger partial charge in [0.1, 0.15) is 0 Å². The number of nitrogens with one attached hydrogen (secondary N) is 2. The van der Waals surface area contributed by atoms with Gasteiger partial charge in [0.2, 0.25) is 0 Å². The molecule has 0 unspecified atom stereocenters. The van der Waals surface area contributed by atoms with E-state index in [9.17, 15) is 0 Å². The van der Waals surface area contributed by atoms with Crippen LogP contribution in [0.25, 0.3) is 0 Å². The van der Waals surface area contributed by atoms with Crippen LogP contribution >= 0.6 is 11.6 Å². The zero-order chi connectivity index (χ0) is 21.1. The maximum absolute atomic E-state index is 8.32. The van der Waals surface area contributed by atoms with Crippen molar-refractivity contribution in [3.63, 3.8) is 0 Å². The van der Waals surface area contributed by atoms with E-state index in [4.69, 9.17) is 22.9 Å². The van der Waals surface area contributed by atoms with E-state index < -0.39 is 0 Å². The Kier molecular flexibility index (Phi) is 9.78. The van der Waals surface area contributed by atoms with Crippen LogP contribution in [0, 0.1) is 5.41 Å². The maximum atomic E-state index is 8.32. The predicted molar refractivity (Wildman–Crippen MR) is 121 cm³/mol. The Morgan fingerprint density at radius 2 is 2.04 bits per heavy atom. The molecule has 0 saturated carbocycles. The monoisotopic (exact) mass is 400 g/mol. The summed E-state index contributed by atoms with van der Waals surface area (Å²) in [7, 11) is 3.47. The number of nitrogens with zero attached hydrogens (tertiary/aromatic N) is 3. The molecule has 0 fully saturated rings. The maximum Gasteiger partial charge on any atom is 0.167 e. The van der Waals surface area contributed by atoms with Crippen molar-refractivity contribution in [3.05, 3.63) is 83.5 Å². The Bertz CT molecular complexity index is 779. The summed E-state index contributed by atoms with van der Waals surface area (Å²) >= 11 is 6.29. The molecule has 7 heteroatoms. The zero-order valence-electron chi connectivity index (χ0n) is 16.6. The number of hydrogen-bond acceptors (Lipinski definition) is 6. The molecule has 6 nitrogen and oxygen atoms in total. The summed E-state index contributed by atoms with van der Waals surface area (Å²) in [6.45, 7) is 12.0. The normalized spacial score (nSPS) is 11.6. The third-order valence-electron chi connectivity index (χ3n) is 3.97. The lowest BCUT2D eigenvalue weighted by atomic mass is 10.1. The molecule has 0 spiro atoms. The summed E-state index contributed by atoms with van der Waals surface area (Å²) < 4.78 is 0. The van der Waals surface area contributed by atoms with Crippen molar-refractivity contribution in [2.45, 2.75) is 6.42 Å². The van der Waals surface area contributed by atoms with E-state index >= 15 is 0 Å². The lowest BCUT2D eigenvalue weighted by Crippen LogP contribution is -2.42. The summed E-state index contributed by atoms with van der Waals surface area (Å²) in [6.07, 6.45) is 5.77. The van der Waals surface area contributed by atoms with E-state index in [1.165, 1.54) is 5.01 Å². The highest BCUT2D eigenvalue weighted by Gasteiger charge is 2.18. The van der Waals surface area contributed by atoms with E-state index in [1.807, 2.05) is 29.2 Å². The molecule has 1 aromatic carbocycles. The van der Waals surface area contributed by atoms with Crippen molar-refractivity contribution < 1.29 is 0 Å². The van der Waals surface area contributed by atoms with Crippen molar-refractivity contribution in [1.82, 2.24) is 15.2 Å². The van der Waals surface area contributed by atoms with E-state index in [0.29, 0.717) is 41.9 Å². The van der Waals surface area contributed by atoms with Gasteiger partial charge >= 0.3 is 0 Å². The van der Waals surface area contributed by atoms with Crippen molar-refractivity contribution >= 4 is 24.0 Å². The Balaban J connectivity index is 3.16. The minimum Gasteiger partial charge on any atom is -0.370 e. The number of benzene rings is 1. The van der Waals surface area contributed by atoms with Crippen LogP contribution < -0.4 is 11.2 Å². The molecule has 1 aromatic rings. The fourth-order valence-electron chi connectivity index (χ4n) is 2.55. The topological polar surface area (TPSA) is 80.7 Å². The quantitative estimate of drug-likeness (QED) is 0.217. The molecule has 0 aliphatic rings. The second-order valence-electron chi connectivity index (χ2n) is 6.09. The first-order valence-electron chi connectivity index (χ1n) is 8.76. The molecule has 0 bridgehead atoms. The first-order chi connectivity index (χ1) is 13.3. The first-order valence-corrected chi connectivity index (χ1v) is 9.14. The number of nitrogens with two attached hydrogens (primary N) is 1. The Morgan fingerprint density at radius 3 is 2.57 bits per heavy atom. The Morgan fingerprint density at radius 1 is 1.36 bits per heavy atom. The average Bonchev–Trinajstić information content (AvgIpc) is 2.68. The number of allylic oxidation sites excluding steroid dienone is 3. The molecule has 0 aromatic heterocycles. The molecule has 0 heterocycles. The van der Waals surface area contributed by atoms with Gasteiger partial charge in [-0.3, -0.25) is 5.01 Å². The summed E-state index contributed by atoms with van der Waals surface area (Å²) in [5.74, 6) is 7.23. The first kappa shape index (κ1) is 23.2. The molecule has 1 rings (SSSR count). The number of rotatable bonds is 12. The smallest absolute Gasteiger partial charge is 0.167 e. The highest BCUT2D eigenvalue weighted by atomic mass is 35.5. The fourth-order valence-corrected chi connectivity index (χ4v) is 2.78. The van der Waals surface area contributed by atoms with Gasteiger partial charge in [-0.05, 0) is 36.4 Å². The minimum atomic E-state index is 0.322. The van der Waals surface area contributed by atoms with Gasteiger partial charge in [-0.2, -0.15) is 0 Å². The molecule has 0 amide bonds. The van der Waals surface area contributed by atoms with Crippen LogP contribution in [0.2, 0.25) is 5.02 Å². The highest BCUT2D eigenvalue weighted by molar-refractivity contribution is 6.31. The van der Waals surface area contributed by atoms with Crippen molar-refractivity contribution in [3.8, 4) is 0 Å². The Labute approximate surface area is 172 Å². The SMILES string of the molecule is C=CC(=C)/C=C\C(=N)CN(CCc1ccccc1Cl)/C(=C(\N=C)NC)N(C)N. The summed E-state index contributed by atoms with van der Waals surface area (Å²) in [5, 5.41) is 13.5. The third-order valence-corrected chi connectivity index (χ3v) is 4.34. The molecule has 0 atom stereocenters. The molecule has 150 valence electrons. The fraction of sp³-hybridized carbons (Fsp3) is 0.238. The lowest BCUT2D eigenvalue weighted by Gasteiger charge is -2.32. The van der Waals surface area contributed by atoms with Crippen molar-refractivity contribution in [2.24, 2.45) is 10.8 Å². The van der Waals surface area contributed by atoms with Crippen LogP contribution in [0.4, 0.5) is 0 Å². The summed E-state index contributed by atoms with van der Waals surface area (Å²) in [6, 6.07) is 7.70. The van der Waals surface area contributed by atoms with Crippen molar-refractivity contribution in [1.29, 1.82) is 5.41 Å². The summed E-state index contributed by atoms with van der Waals surface area (Å²) in [4.78, 5) is 6.00. The second-order valence-corrected chi connectivity index (χ2v) is 6.50. The second kappa shape index (κ2) is 11.8. The zero-order valence-corrected chi connectivity index (χ0v) is 17.3. The van der Waals surface area contributed by atoms with Crippen LogP contribution in [-0.4, -0.2) is 49.5 Å². The average molecular weight is 401 g/mol. The van der Waals surface area contributed by atoms with Gasteiger partial charge in [0, 0.05) is 25.7 Å². The molecule has 0 aliphatic carbocycles. The van der Waals surface area contributed by atoms with Crippen LogP contribution in [0.3, 0.4) is 0 Å². The molecule has 0 aliphatic heterocycles. The number of aliphatic imine (C=N–C) groups is 1. The molecular weight excluding hydrogens is 372 g/mol. The number of hydrazine groups is 1. The third kappa shape index (κ3) is 7.06. The van der Waals surface area contributed by atoms with Gasteiger partial charge in [-0.1, -0.05) is 55.1 Å². The van der Waals surface area contributed by atoms with Crippen LogP contribution in [0.5, 0.6) is 0 Å². The van der Waals surface area contributed by atoms with Gasteiger partial charge in [0.05, 0.1) is 12.3 Å². The van der Waals surface area contributed by atoms with E-state index in [-0.39, 0.29) is 0 Å². The summed E-state index contributed by atoms with van der Waals surface area (Å²) in [5.41, 5.74) is 2.15. The number of halogens is 1. The van der Waals surface area contributed by atoms with Crippen molar-refractivity contribution in [2.75, 3.05) is 27.2 Å². The molecule has 0 saturated heterocycles. The molecule has 0 radical (unpaired) electrons. The highest BCUT2D eigenvalue weighted by Crippen LogP contribution is 2.18. The van der Waals surface area contributed by atoms with Crippen LogP contribution in [0.1, 0.15) is 5.56 Å². The van der Waals surface area contributed by atoms with Gasteiger partial charge in [-0.25, -0.2) is 10.8 Å². The van der Waals surface area contributed by atoms with Crippen LogP contribution in [0.15, 0.2) is 77.9 Å². The van der Waals surface area contributed by atoms with Gasteiger partial charge in [0.15, 0.2) is 11.6 Å². The van der Waals surface area contributed by atoms with E-state index in [2.05, 4.69) is 30.2 Å². The minimum absolute atomic E-state index is 0.322. The molecule has 28 heavy (non-hydrogen) atoms. The van der Waals surface area contributed by atoms with Crippen LogP contribution in [-0.2, 0) is 6.42 Å². The molecule has 4 N–H and O–H groups in total. The van der Waals surface area contributed by atoms with Gasteiger partial charge in [-0.15, -0.1) is 0 Å². The largest absolute Gasteiger partial charge is 0.370 e. The van der Waals surface area contributed by atoms with E-state index in [0.717, 1.165) is 11.1 Å². The lowest BCUT2D eigenvalue weighted by molar-refractivity contribution is 0.253. The Hall–Kier alpha value is -2.83. The van der Waals surface area contributed by atoms with E-state index in [1.54, 1.807) is 32.3 Å².